The largest absolute Gasteiger partial charge is 0.416 e. The summed E-state index contributed by atoms with van der Waals surface area (Å²) in [6.45, 7) is 2.64. The van der Waals surface area contributed by atoms with Crippen molar-refractivity contribution in [2.24, 2.45) is 0 Å². The Hall–Kier alpha value is -2.12. The number of rotatable bonds is 2. The lowest BCUT2D eigenvalue weighted by Gasteiger charge is -2.23. The van der Waals surface area contributed by atoms with Crippen LogP contribution in [0.2, 0.25) is 0 Å². The summed E-state index contributed by atoms with van der Waals surface area (Å²) in [7, 11) is 1.82. The summed E-state index contributed by atoms with van der Waals surface area (Å²) in [6.07, 6.45) is -0.234. The Kier molecular flexibility index (Phi) is 5.66. The number of likely N-dealkylation sites (tertiary alicyclic amines) is 1. The molecule has 2 aliphatic rings. The van der Waals surface area contributed by atoms with Crippen LogP contribution in [0.3, 0.4) is 0 Å². The van der Waals surface area contributed by atoms with Crippen LogP contribution in [0, 0.1) is 6.92 Å². The van der Waals surface area contributed by atoms with Crippen LogP contribution >= 0.6 is 12.4 Å². The highest BCUT2D eigenvalue weighted by atomic mass is 35.5. The second-order valence-corrected chi connectivity index (χ2v) is 7.79. The van der Waals surface area contributed by atoms with Gasteiger partial charge in [-0.2, -0.15) is 13.2 Å². The van der Waals surface area contributed by atoms with E-state index in [9.17, 15) is 18.0 Å². The third-order valence-corrected chi connectivity index (χ3v) is 5.94. The highest BCUT2D eigenvalue weighted by Gasteiger charge is 2.50. The zero-order valence-electron chi connectivity index (χ0n) is 16.2. The predicted octanol–water partition coefficient (Wildman–Crippen LogP) is 4.52. The second-order valence-electron chi connectivity index (χ2n) is 7.79. The van der Waals surface area contributed by atoms with E-state index in [1.807, 2.05) is 20.0 Å². The van der Waals surface area contributed by atoms with Crippen LogP contribution in [0.15, 0.2) is 36.5 Å². The molecule has 4 nitrogen and oxygen atoms in total. The molecule has 2 fully saturated rings. The molecule has 0 bridgehead atoms. The molecular weight excluding hydrogens is 403 g/mol. The Morgan fingerprint density at radius 2 is 1.90 bits per heavy atom. The monoisotopic (exact) mass is 425 g/mol. The number of halogens is 4. The number of alkyl halides is 3. The first-order valence-electron chi connectivity index (χ1n) is 9.37. The molecule has 29 heavy (non-hydrogen) atoms. The van der Waals surface area contributed by atoms with E-state index in [-0.39, 0.29) is 24.4 Å². The molecule has 0 unspecified atom stereocenters. The SMILES string of the molecule is Cc1cnc([C@H]2CC[C@]3(CCN(C)C3=O)N2)cc1-c1ccc(C(F)(F)F)cc1.Cl. The average Bonchev–Trinajstić information content (AvgIpc) is 3.22. The number of hydrogen-bond acceptors (Lipinski definition) is 3. The molecule has 8 heteroatoms. The van der Waals surface area contributed by atoms with Crippen molar-refractivity contribution in [2.75, 3.05) is 13.6 Å². The van der Waals surface area contributed by atoms with E-state index >= 15 is 0 Å². The average molecular weight is 426 g/mol. The fourth-order valence-corrected chi connectivity index (χ4v) is 4.27. The Morgan fingerprint density at radius 1 is 1.21 bits per heavy atom. The molecule has 0 radical (unpaired) electrons. The number of nitrogens with one attached hydrogen (secondary N) is 1. The zero-order valence-corrected chi connectivity index (χ0v) is 17.0. The van der Waals surface area contributed by atoms with Crippen molar-refractivity contribution in [3.63, 3.8) is 0 Å². The lowest BCUT2D eigenvalue weighted by molar-refractivity contribution is -0.137. The van der Waals surface area contributed by atoms with E-state index in [1.165, 1.54) is 12.1 Å². The van der Waals surface area contributed by atoms with Crippen molar-refractivity contribution in [3.8, 4) is 11.1 Å². The third-order valence-electron chi connectivity index (χ3n) is 5.94. The van der Waals surface area contributed by atoms with Crippen molar-refractivity contribution in [1.29, 1.82) is 0 Å². The molecule has 1 amide bonds. The molecule has 0 saturated carbocycles. The van der Waals surface area contributed by atoms with E-state index in [0.717, 1.165) is 60.3 Å². The number of amides is 1. The van der Waals surface area contributed by atoms with Crippen molar-refractivity contribution in [2.45, 2.75) is 43.9 Å². The Bertz CT molecular complexity index is 916. The fraction of sp³-hybridized carbons (Fsp3) is 0.429. The van der Waals surface area contributed by atoms with E-state index in [2.05, 4.69) is 10.3 Å². The van der Waals surface area contributed by atoms with Gasteiger partial charge in [0.1, 0.15) is 5.54 Å². The molecule has 0 aliphatic carbocycles. The van der Waals surface area contributed by atoms with Crippen LogP contribution in [-0.2, 0) is 11.0 Å². The lowest BCUT2D eigenvalue weighted by atomic mass is 9.96. The molecule has 2 atom stereocenters. The number of likely N-dealkylation sites (N-methyl/N-ethyl adjacent to an activating group) is 1. The number of aromatic nitrogens is 1. The minimum Gasteiger partial charge on any atom is -0.344 e. The second kappa shape index (κ2) is 7.61. The summed E-state index contributed by atoms with van der Waals surface area (Å²) in [5, 5.41) is 3.49. The quantitative estimate of drug-likeness (QED) is 0.769. The van der Waals surface area contributed by atoms with E-state index in [1.54, 1.807) is 11.1 Å². The van der Waals surface area contributed by atoms with Gasteiger partial charge in [-0.05, 0) is 61.1 Å². The number of hydrogen-bond donors (Lipinski definition) is 1. The smallest absolute Gasteiger partial charge is 0.344 e. The van der Waals surface area contributed by atoms with Crippen LogP contribution in [0.5, 0.6) is 0 Å². The molecule has 1 N–H and O–H groups in total. The minimum absolute atomic E-state index is 0. The van der Waals surface area contributed by atoms with Crippen molar-refractivity contribution in [1.82, 2.24) is 15.2 Å². The van der Waals surface area contributed by atoms with Crippen molar-refractivity contribution >= 4 is 18.3 Å². The van der Waals surface area contributed by atoms with Gasteiger partial charge in [0, 0.05) is 19.8 Å². The summed E-state index contributed by atoms with van der Waals surface area (Å²) in [5.41, 5.74) is 2.13. The van der Waals surface area contributed by atoms with Gasteiger partial charge in [-0.3, -0.25) is 15.1 Å². The first-order valence-corrected chi connectivity index (χ1v) is 9.37. The summed E-state index contributed by atoms with van der Waals surface area (Å²) < 4.78 is 38.5. The van der Waals surface area contributed by atoms with E-state index < -0.39 is 17.3 Å². The maximum Gasteiger partial charge on any atom is 0.416 e. The van der Waals surface area contributed by atoms with Crippen LogP contribution in [0.25, 0.3) is 11.1 Å². The van der Waals surface area contributed by atoms with Gasteiger partial charge >= 0.3 is 6.18 Å². The van der Waals surface area contributed by atoms with Gasteiger partial charge in [-0.1, -0.05) is 12.1 Å². The molecule has 1 spiro atoms. The van der Waals surface area contributed by atoms with Gasteiger partial charge in [0.2, 0.25) is 5.91 Å². The number of aryl methyl sites for hydroxylation is 1. The number of nitrogens with zero attached hydrogens (tertiary/aromatic N) is 2. The van der Waals surface area contributed by atoms with Gasteiger partial charge in [-0.15, -0.1) is 12.4 Å². The first kappa shape index (κ1) is 21.6. The molecule has 156 valence electrons. The summed E-state index contributed by atoms with van der Waals surface area (Å²) in [5.74, 6) is 0.130. The third kappa shape index (κ3) is 3.85. The van der Waals surface area contributed by atoms with Gasteiger partial charge < -0.3 is 4.90 Å². The summed E-state index contributed by atoms with van der Waals surface area (Å²) in [6, 6.07) is 7.08. The molecule has 2 saturated heterocycles. The standard InChI is InChI=1S/C21H22F3N3O.ClH/c1-13-12-25-18(17-7-8-20(26-17)9-10-27(2)19(20)28)11-16(13)14-3-5-15(6-4-14)21(22,23)24;/h3-6,11-12,17,26H,7-10H2,1-2H3;1H/t17-,20-;/m1./s1. The van der Waals surface area contributed by atoms with Crippen molar-refractivity contribution in [3.05, 3.63) is 53.3 Å². The van der Waals surface area contributed by atoms with Crippen LogP contribution in [-0.4, -0.2) is 34.9 Å². The maximum absolute atomic E-state index is 12.8. The molecule has 3 heterocycles. The highest BCUT2D eigenvalue weighted by molar-refractivity contribution is 5.88. The summed E-state index contributed by atoms with van der Waals surface area (Å²) in [4.78, 5) is 18.8. The highest BCUT2D eigenvalue weighted by Crippen LogP contribution is 2.39. The van der Waals surface area contributed by atoms with Crippen molar-refractivity contribution < 1.29 is 18.0 Å². The molecule has 4 rings (SSSR count). The van der Waals surface area contributed by atoms with E-state index in [4.69, 9.17) is 0 Å². The van der Waals surface area contributed by atoms with Gasteiger partial charge in [-0.25, -0.2) is 0 Å². The minimum atomic E-state index is -4.35. The number of carbonyl (C=O) groups is 1. The molecule has 2 aromatic rings. The molecule has 1 aromatic heterocycles. The Morgan fingerprint density at radius 3 is 2.48 bits per heavy atom. The zero-order chi connectivity index (χ0) is 20.1. The maximum atomic E-state index is 12.8. The Labute approximate surface area is 173 Å². The fourth-order valence-electron chi connectivity index (χ4n) is 4.27. The van der Waals surface area contributed by atoms with Crippen LogP contribution < -0.4 is 5.32 Å². The van der Waals surface area contributed by atoms with Crippen LogP contribution in [0.1, 0.15) is 42.1 Å². The molecule has 2 aliphatic heterocycles. The molecule has 1 aromatic carbocycles. The topological polar surface area (TPSA) is 45.2 Å². The number of benzene rings is 1. The Balaban J connectivity index is 0.00000240. The first-order chi connectivity index (χ1) is 13.2. The normalized spacial score (nSPS) is 24.2. The number of carbonyl (C=O) groups excluding carboxylic acids is 1. The van der Waals surface area contributed by atoms with Gasteiger partial charge in [0.25, 0.3) is 0 Å². The van der Waals surface area contributed by atoms with Gasteiger partial charge in [0.15, 0.2) is 0 Å². The molecular formula is C21H23ClF3N3O. The van der Waals surface area contributed by atoms with Crippen LogP contribution in [0.4, 0.5) is 13.2 Å². The number of pyridine rings is 1. The van der Waals surface area contributed by atoms with Gasteiger partial charge in [0.05, 0.1) is 17.3 Å². The summed E-state index contributed by atoms with van der Waals surface area (Å²) >= 11 is 0. The van der Waals surface area contributed by atoms with E-state index in [0.29, 0.717) is 0 Å². The lowest BCUT2D eigenvalue weighted by Crippen LogP contribution is -2.47. The predicted molar refractivity (Wildman–Crippen MR) is 107 cm³/mol.